The number of rotatable bonds is 3. The van der Waals surface area contributed by atoms with Crippen molar-refractivity contribution in [3.8, 4) is 0 Å². The summed E-state index contributed by atoms with van der Waals surface area (Å²) in [5.41, 5.74) is 0. The number of hydrogen-bond donors (Lipinski definition) is 2. The lowest BCUT2D eigenvalue weighted by molar-refractivity contribution is 0.0336. The molecule has 0 aromatic heterocycles. The first-order valence-electron chi connectivity index (χ1n) is 3.15. The van der Waals surface area contributed by atoms with E-state index in [0.29, 0.717) is 6.42 Å². The van der Waals surface area contributed by atoms with Gasteiger partial charge in [-0.15, -0.1) is 0 Å². The Hall–Kier alpha value is -0.340. The summed E-state index contributed by atoms with van der Waals surface area (Å²) in [6.45, 7) is 3.46. The summed E-state index contributed by atoms with van der Waals surface area (Å²) >= 11 is 0. The Morgan fingerprint density at radius 1 is 1.44 bits per heavy atom. The van der Waals surface area contributed by atoms with E-state index in [1.54, 1.807) is 6.92 Å². The lowest BCUT2D eigenvalue weighted by Crippen LogP contribution is -2.21. The van der Waals surface area contributed by atoms with Gasteiger partial charge in [0.05, 0.1) is 12.2 Å². The second kappa shape index (κ2) is 4.53. The molecule has 2 atom stereocenters. The number of aliphatic hydroxyl groups is 2. The quantitative estimate of drug-likeness (QED) is 0.552. The third kappa shape index (κ3) is 4.18. The largest absolute Gasteiger partial charge is 0.391 e. The fourth-order valence-electron chi connectivity index (χ4n) is 0.472. The number of aliphatic hydroxyl groups excluding tert-OH is 2. The number of allylic oxidation sites excluding steroid dienone is 1. The molecule has 0 heterocycles. The molecular formula is C7H14O2. The molecule has 0 saturated heterocycles. The maximum Gasteiger partial charge on any atom is 0.0830 e. The van der Waals surface area contributed by atoms with Gasteiger partial charge in [-0.25, -0.2) is 0 Å². The Morgan fingerprint density at radius 2 is 2.00 bits per heavy atom. The van der Waals surface area contributed by atoms with E-state index in [-0.39, 0.29) is 0 Å². The fourth-order valence-corrected chi connectivity index (χ4v) is 0.472. The molecule has 0 amide bonds. The zero-order valence-corrected chi connectivity index (χ0v) is 5.91. The Labute approximate surface area is 55.8 Å². The van der Waals surface area contributed by atoms with Crippen molar-refractivity contribution in [1.29, 1.82) is 0 Å². The van der Waals surface area contributed by atoms with E-state index in [9.17, 15) is 0 Å². The molecule has 0 saturated carbocycles. The molecule has 2 N–H and O–H groups in total. The molecule has 0 aromatic carbocycles. The summed E-state index contributed by atoms with van der Waals surface area (Å²) in [7, 11) is 0. The summed E-state index contributed by atoms with van der Waals surface area (Å²) < 4.78 is 0. The average Bonchev–Trinajstić information content (AvgIpc) is 1.82. The topological polar surface area (TPSA) is 40.5 Å². The van der Waals surface area contributed by atoms with E-state index < -0.39 is 12.2 Å². The molecular weight excluding hydrogens is 116 g/mol. The molecule has 0 rings (SSSR count). The van der Waals surface area contributed by atoms with Gasteiger partial charge in [0.2, 0.25) is 0 Å². The Morgan fingerprint density at radius 3 is 2.33 bits per heavy atom. The summed E-state index contributed by atoms with van der Waals surface area (Å²) in [5.74, 6) is 0. The van der Waals surface area contributed by atoms with Crippen LogP contribution in [0.3, 0.4) is 0 Å². The van der Waals surface area contributed by atoms with Crippen molar-refractivity contribution in [3.63, 3.8) is 0 Å². The van der Waals surface area contributed by atoms with Crippen LogP contribution in [0.4, 0.5) is 0 Å². The minimum absolute atomic E-state index is 0.536. The van der Waals surface area contributed by atoms with Gasteiger partial charge in [0.15, 0.2) is 0 Å². The van der Waals surface area contributed by atoms with Crippen molar-refractivity contribution >= 4 is 0 Å². The molecule has 2 unspecified atom stereocenters. The first-order chi connectivity index (χ1) is 4.18. The zero-order chi connectivity index (χ0) is 7.28. The van der Waals surface area contributed by atoms with Crippen molar-refractivity contribution in [1.82, 2.24) is 0 Å². The Kier molecular flexibility index (Phi) is 4.36. The van der Waals surface area contributed by atoms with Gasteiger partial charge in [0, 0.05) is 0 Å². The van der Waals surface area contributed by atoms with Crippen molar-refractivity contribution in [2.75, 3.05) is 0 Å². The van der Waals surface area contributed by atoms with E-state index in [2.05, 4.69) is 0 Å². The SMILES string of the molecule is CC=CCC(O)C(C)O. The van der Waals surface area contributed by atoms with Crippen LogP contribution in [0, 0.1) is 0 Å². The van der Waals surface area contributed by atoms with Gasteiger partial charge in [-0.1, -0.05) is 12.2 Å². The zero-order valence-electron chi connectivity index (χ0n) is 5.91. The molecule has 0 aromatic rings. The van der Waals surface area contributed by atoms with Gasteiger partial charge in [0.1, 0.15) is 0 Å². The van der Waals surface area contributed by atoms with Crippen molar-refractivity contribution < 1.29 is 10.2 Å². The van der Waals surface area contributed by atoms with Crippen LogP contribution >= 0.6 is 0 Å². The second-order valence-corrected chi connectivity index (χ2v) is 2.11. The van der Waals surface area contributed by atoms with E-state index in [0.717, 1.165) is 0 Å². The summed E-state index contributed by atoms with van der Waals surface area (Å²) in [6, 6.07) is 0. The monoisotopic (exact) mass is 130 g/mol. The minimum atomic E-state index is -0.624. The van der Waals surface area contributed by atoms with Crippen LogP contribution in [0.1, 0.15) is 20.3 Å². The standard InChI is InChI=1S/C7H14O2/c1-3-4-5-7(9)6(2)8/h3-4,6-9H,5H2,1-2H3. The minimum Gasteiger partial charge on any atom is -0.391 e. The van der Waals surface area contributed by atoms with Crippen LogP contribution in [0.15, 0.2) is 12.2 Å². The highest BCUT2D eigenvalue weighted by Crippen LogP contribution is 1.98. The van der Waals surface area contributed by atoms with Crippen LogP contribution < -0.4 is 0 Å². The normalized spacial score (nSPS) is 18.2. The third-order valence-corrected chi connectivity index (χ3v) is 1.17. The first kappa shape index (κ1) is 8.66. The van der Waals surface area contributed by atoms with Crippen LogP contribution in [0.2, 0.25) is 0 Å². The number of hydrogen-bond acceptors (Lipinski definition) is 2. The molecule has 2 nitrogen and oxygen atoms in total. The highest BCUT2D eigenvalue weighted by atomic mass is 16.3. The third-order valence-electron chi connectivity index (χ3n) is 1.17. The molecule has 54 valence electrons. The van der Waals surface area contributed by atoms with Gasteiger partial charge in [0.25, 0.3) is 0 Å². The van der Waals surface area contributed by atoms with Crippen LogP contribution in [-0.2, 0) is 0 Å². The fraction of sp³-hybridized carbons (Fsp3) is 0.714. The lowest BCUT2D eigenvalue weighted by Gasteiger charge is -2.09. The van der Waals surface area contributed by atoms with Crippen LogP contribution in [0.25, 0.3) is 0 Å². The molecule has 0 radical (unpaired) electrons. The van der Waals surface area contributed by atoms with Gasteiger partial charge in [-0.3, -0.25) is 0 Å². The van der Waals surface area contributed by atoms with E-state index in [1.807, 2.05) is 19.1 Å². The highest BCUT2D eigenvalue weighted by Gasteiger charge is 2.06. The average molecular weight is 130 g/mol. The molecule has 0 aliphatic rings. The maximum atomic E-state index is 8.96. The van der Waals surface area contributed by atoms with Crippen molar-refractivity contribution in [2.24, 2.45) is 0 Å². The molecule has 0 spiro atoms. The summed E-state index contributed by atoms with van der Waals surface area (Å²) in [5, 5.41) is 17.7. The first-order valence-corrected chi connectivity index (χ1v) is 3.15. The van der Waals surface area contributed by atoms with Gasteiger partial charge < -0.3 is 10.2 Å². The molecule has 2 heteroatoms. The molecule has 0 fully saturated rings. The smallest absolute Gasteiger partial charge is 0.0830 e. The lowest BCUT2D eigenvalue weighted by atomic mass is 10.1. The predicted molar refractivity (Wildman–Crippen MR) is 37.1 cm³/mol. The van der Waals surface area contributed by atoms with Crippen molar-refractivity contribution in [2.45, 2.75) is 32.5 Å². The van der Waals surface area contributed by atoms with Crippen LogP contribution in [0.5, 0.6) is 0 Å². The Bertz CT molecular complexity index is 86.9. The highest BCUT2D eigenvalue weighted by molar-refractivity contribution is 4.81. The van der Waals surface area contributed by atoms with E-state index in [4.69, 9.17) is 10.2 Å². The van der Waals surface area contributed by atoms with Crippen LogP contribution in [-0.4, -0.2) is 22.4 Å². The van der Waals surface area contributed by atoms with Gasteiger partial charge in [-0.05, 0) is 20.3 Å². The molecule has 0 aliphatic heterocycles. The predicted octanol–water partition coefficient (Wildman–Crippen LogP) is 0.694. The van der Waals surface area contributed by atoms with E-state index in [1.165, 1.54) is 0 Å². The molecule has 9 heavy (non-hydrogen) atoms. The molecule has 0 bridgehead atoms. The summed E-state index contributed by atoms with van der Waals surface area (Å²) in [4.78, 5) is 0. The van der Waals surface area contributed by atoms with Gasteiger partial charge >= 0.3 is 0 Å². The molecule has 0 aliphatic carbocycles. The summed E-state index contributed by atoms with van der Waals surface area (Å²) in [6.07, 6.45) is 2.99. The maximum absolute atomic E-state index is 8.96. The second-order valence-electron chi connectivity index (χ2n) is 2.11. The Balaban J connectivity index is 3.38. The van der Waals surface area contributed by atoms with E-state index >= 15 is 0 Å². The van der Waals surface area contributed by atoms with Gasteiger partial charge in [-0.2, -0.15) is 0 Å². The van der Waals surface area contributed by atoms with Crippen molar-refractivity contribution in [3.05, 3.63) is 12.2 Å².